The summed E-state index contributed by atoms with van der Waals surface area (Å²) in [5.74, 6) is 0. The average molecular weight is 262 g/mol. The van der Waals surface area contributed by atoms with Gasteiger partial charge in [-0.2, -0.15) is 0 Å². The molecular formula is C18H18N2. The number of nitrogens with one attached hydrogen (secondary N) is 1. The molecule has 2 heteroatoms. The van der Waals surface area contributed by atoms with Crippen molar-refractivity contribution in [2.75, 3.05) is 5.32 Å². The van der Waals surface area contributed by atoms with Gasteiger partial charge in [0.05, 0.1) is 5.52 Å². The minimum Gasteiger partial charge on any atom is -0.355 e. The van der Waals surface area contributed by atoms with Gasteiger partial charge >= 0.3 is 0 Å². The van der Waals surface area contributed by atoms with Crippen molar-refractivity contribution < 1.29 is 0 Å². The third-order valence-corrected chi connectivity index (χ3v) is 3.48. The minimum absolute atomic E-state index is 1.06. The first-order chi connectivity index (χ1) is 9.63. The largest absolute Gasteiger partial charge is 0.355 e. The number of aryl methyl sites for hydroxylation is 3. The van der Waals surface area contributed by atoms with Crippen molar-refractivity contribution in [3.63, 3.8) is 0 Å². The van der Waals surface area contributed by atoms with Crippen LogP contribution in [0, 0.1) is 20.8 Å². The Labute approximate surface area is 119 Å². The third-order valence-electron chi connectivity index (χ3n) is 3.48. The molecule has 0 bridgehead atoms. The minimum atomic E-state index is 1.06. The topological polar surface area (TPSA) is 24.9 Å². The summed E-state index contributed by atoms with van der Waals surface area (Å²) in [5.41, 5.74) is 7.00. The van der Waals surface area contributed by atoms with E-state index in [9.17, 15) is 0 Å². The van der Waals surface area contributed by atoms with Crippen molar-refractivity contribution in [3.05, 3.63) is 65.4 Å². The van der Waals surface area contributed by atoms with E-state index in [1.165, 1.54) is 22.1 Å². The molecule has 1 N–H and O–H groups in total. The third kappa shape index (κ3) is 2.37. The van der Waals surface area contributed by atoms with Crippen molar-refractivity contribution in [1.82, 2.24) is 4.98 Å². The van der Waals surface area contributed by atoms with E-state index in [2.05, 4.69) is 67.5 Å². The SMILES string of the molecule is Cc1cccc(Nc2ccnc3c(C)cc(C)cc23)c1. The predicted molar refractivity (Wildman–Crippen MR) is 85.7 cm³/mol. The molecule has 0 unspecified atom stereocenters. The van der Waals surface area contributed by atoms with Gasteiger partial charge < -0.3 is 5.32 Å². The molecule has 0 aliphatic rings. The van der Waals surface area contributed by atoms with E-state index in [1.54, 1.807) is 0 Å². The molecule has 0 aliphatic heterocycles. The highest BCUT2D eigenvalue weighted by molar-refractivity contribution is 5.95. The summed E-state index contributed by atoms with van der Waals surface area (Å²) >= 11 is 0. The van der Waals surface area contributed by atoms with E-state index in [0.717, 1.165) is 16.9 Å². The summed E-state index contributed by atoms with van der Waals surface area (Å²) in [6.45, 7) is 6.33. The van der Waals surface area contributed by atoms with Gasteiger partial charge in [-0.05, 0) is 56.2 Å². The van der Waals surface area contributed by atoms with E-state index < -0.39 is 0 Å². The summed E-state index contributed by atoms with van der Waals surface area (Å²) in [5, 5.41) is 4.67. The quantitative estimate of drug-likeness (QED) is 0.710. The summed E-state index contributed by atoms with van der Waals surface area (Å²) in [7, 11) is 0. The van der Waals surface area contributed by atoms with E-state index in [4.69, 9.17) is 0 Å². The van der Waals surface area contributed by atoms with Crippen LogP contribution in [0.1, 0.15) is 16.7 Å². The first-order valence-electron chi connectivity index (χ1n) is 6.83. The average Bonchev–Trinajstić information content (AvgIpc) is 2.40. The number of nitrogens with zero attached hydrogens (tertiary/aromatic N) is 1. The predicted octanol–water partition coefficient (Wildman–Crippen LogP) is 4.90. The number of hydrogen-bond acceptors (Lipinski definition) is 2. The highest BCUT2D eigenvalue weighted by atomic mass is 14.9. The number of pyridine rings is 1. The van der Waals surface area contributed by atoms with E-state index in [1.807, 2.05) is 12.3 Å². The molecule has 3 aromatic rings. The normalized spacial score (nSPS) is 10.8. The fourth-order valence-electron chi connectivity index (χ4n) is 2.60. The Morgan fingerprint density at radius 2 is 1.75 bits per heavy atom. The van der Waals surface area contributed by atoms with Crippen LogP contribution in [-0.2, 0) is 0 Å². The van der Waals surface area contributed by atoms with Crippen LogP contribution in [0.3, 0.4) is 0 Å². The van der Waals surface area contributed by atoms with Crippen molar-refractivity contribution in [2.45, 2.75) is 20.8 Å². The number of fused-ring (bicyclic) bond motifs is 1. The Hall–Kier alpha value is -2.35. The molecule has 0 saturated carbocycles. The van der Waals surface area contributed by atoms with Gasteiger partial charge in [0, 0.05) is 23.0 Å². The molecule has 1 aromatic heterocycles. The Morgan fingerprint density at radius 3 is 2.55 bits per heavy atom. The second-order valence-corrected chi connectivity index (χ2v) is 5.33. The molecule has 0 fully saturated rings. The molecule has 0 atom stereocenters. The lowest BCUT2D eigenvalue weighted by molar-refractivity contribution is 1.34. The van der Waals surface area contributed by atoms with Crippen LogP contribution in [-0.4, -0.2) is 4.98 Å². The van der Waals surface area contributed by atoms with Gasteiger partial charge in [-0.3, -0.25) is 4.98 Å². The number of aromatic nitrogens is 1. The van der Waals surface area contributed by atoms with E-state index >= 15 is 0 Å². The van der Waals surface area contributed by atoms with Crippen molar-refractivity contribution in [2.24, 2.45) is 0 Å². The van der Waals surface area contributed by atoms with E-state index in [0.29, 0.717) is 0 Å². The maximum atomic E-state index is 4.50. The zero-order chi connectivity index (χ0) is 14.1. The van der Waals surface area contributed by atoms with Gasteiger partial charge in [-0.25, -0.2) is 0 Å². The van der Waals surface area contributed by atoms with Crippen molar-refractivity contribution >= 4 is 22.3 Å². The lowest BCUT2D eigenvalue weighted by Gasteiger charge is -2.12. The summed E-state index contributed by atoms with van der Waals surface area (Å²) < 4.78 is 0. The Kier molecular flexibility index (Phi) is 3.15. The molecule has 2 nitrogen and oxygen atoms in total. The molecule has 20 heavy (non-hydrogen) atoms. The zero-order valence-electron chi connectivity index (χ0n) is 12.1. The number of benzene rings is 2. The monoisotopic (exact) mass is 262 g/mol. The molecular weight excluding hydrogens is 244 g/mol. The first kappa shape index (κ1) is 12.7. The van der Waals surface area contributed by atoms with Crippen LogP contribution in [0.15, 0.2) is 48.7 Å². The standard InChI is InChI=1S/C18H18N2/c1-12-5-4-6-15(10-12)20-17-7-8-19-18-14(3)9-13(2)11-16(17)18/h4-11H,1-3H3,(H,19,20). The Balaban J connectivity index is 2.12. The van der Waals surface area contributed by atoms with Gasteiger partial charge in [-0.15, -0.1) is 0 Å². The fraction of sp³-hybridized carbons (Fsp3) is 0.167. The van der Waals surface area contributed by atoms with Gasteiger partial charge in [-0.1, -0.05) is 23.8 Å². The molecule has 3 rings (SSSR count). The van der Waals surface area contributed by atoms with Crippen LogP contribution >= 0.6 is 0 Å². The zero-order valence-corrected chi connectivity index (χ0v) is 12.1. The van der Waals surface area contributed by atoms with Gasteiger partial charge in [0.1, 0.15) is 0 Å². The maximum absolute atomic E-state index is 4.50. The molecule has 2 aromatic carbocycles. The second kappa shape index (κ2) is 4.97. The lowest BCUT2D eigenvalue weighted by Crippen LogP contribution is -1.94. The van der Waals surface area contributed by atoms with Crippen LogP contribution < -0.4 is 5.32 Å². The van der Waals surface area contributed by atoms with Gasteiger partial charge in [0.25, 0.3) is 0 Å². The van der Waals surface area contributed by atoms with Crippen LogP contribution in [0.4, 0.5) is 11.4 Å². The molecule has 100 valence electrons. The fourth-order valence-corrected chi connectivity index (χ4v) is 2.60. The molecule has 0 amide bonds. The highest BCUT2D eigenvalue weighted by Gasteiger charge is 2.05. The van der Waals surface area contributed by atoms with Gasteiger partial charge in [0.15, 0.2) is 0 Å². The van der Waals surface area contributed by atoms with Crippen LogP contribution in [0.2, 0.25) is 0 Å². The number of hydrogen-bond donors (Lipinski definition) is 1. The molecule has 0 spiro atoms. The van der Waals surface area contributed by atoms with Gasteiger partial charge in [0.2, 0.25) is 0 Å². The summed E-state index contributed by atoms with van der Waals surface area (Å²) in [6.07, 6.45) is 1.86. The summed E-state index contributed by atoms with van der Waals surface area (Å²) in [6, 6.07) is 14.8. The summed E-state index contributed by atoms with van der Waals surface area (Å²) in [4.78, 5) is 4.50. The van der Waals surface area contributed by atoms with Crippen molar-refractivity contribution in [3.8, 4) is 0 Å². The molecule has 0 saturated heterocycles. The van der Waals surface area contributed by atoms with E-state index in [-0.39, 0.29) is 0 Å². The molecule has 0 radical (unpaired) electrons. The molecule has 0 aliphatic carbocycles. The second-order valence-electron chi connectivity index (χ2n) is 5.33. The van der Waals surface area contributed by atoms with Crippen molar-refractivity contribution in [1.29, 1.82) is 0 Å². The number of rotatable bonds is 2. The maximum Gasteiger partial charge on any atom is 0.0752 e. The Morgan fingerprint density at radius 1 is 0.900 bits per heavy atom. The molecule has 1 heterocycles. The number of anilines is 2. The highest BCUT2D eigenvalue weighted by Crippen LogP contribution is 2.28. The van der Waals surface area contributed by atoms with Crippen LogP contribution in [0.25, 0.3) is 10.9 Å². The first-order valence-corrected chi connectivity index (χ1v) is 6.83. The smallest absolute Gasteiger partial charge is 0.0752 e. The lowest BCUT2D eigenvalue weighted by atomic mass is 10.1. The Bertz CT molecular complexity index is 775. The van der Waals surface area contributed by atoms with Crippen LogP contribution in [0.5, 0.6) is 0 Å².